The van der Waals surface area contributed by atoms with Gasteiger partial charge in [-0.15, -0.1) is 0 Å². The van der Waals surface area contributed by atoms with E-state index in [2.05, 4.69) is 0 Å². The van der Waals surface area contributed by atoms with Gasteiger partial charge < -0.3 is 0 Å². The number of hydrogen-bond acceptors (Lipinski definition) is 4. The van der Waals surface area contributed by atoms with Crippen LogP contribution in [0.3, 0.4) is 0 Å². The molecule has 0 amide bonds. The van der Waals surface area contributed by atoms with E-state index in [1.807, 2.05) is 35.0 Å². The highest BCUT2D eigenvalue weighted by Crippen LogP contribution is 2.19. The monoisotopic (exact) mass is 280 g/mol. The Morgan fingerprint density at radius 2 is 1.47 bits per heavy atom. The molecule has 3 heterocycles. The molecule has 6 heteroatoms. The minimum Gasteiger partial charge on any atom is -0.240 e. The highest BCUT2D eigenvalue weighted by molar-refractivity contribution is 8.21. The lowest BCUT2D eigenvalue weighted by atomic mass is 9.70. The highest BCUT2D eigenvalue weighted by Gasteiger charge is 2.37. The largest absolute Gasteiger partial charge is 0.377 e. The third-order valence-electron chi connectivity index (χ3n) is 2.80. The molecule has 1 aliphatic rings. The van der Waals surface area contributed by atoms with Crippen molar-refractivity contribution in [1.82, 2.24) is 0 Å². The maximum Gasteiger partial charge on any atom is 0.377 e. The van der Waals surface area contributed by atoms with E-state index in [-0.39, 0.29) is 0 Å². The minimum atomic E-state index is -3.14. The van der Waals surface area contributed by atoms with Crippen LogP contribution in [0.1, 0.15) is 11.1 Å². The van der Waals surface area contributed by atoms with E-state index in [0.29, 0.717) is 0 Å². The van der Waals surface area contributed by atoms with Crippen molar-refractivity contribution >= 4 is 60.1 Å². The van der Waals surface area contributed by atoms with Gasteiger partial charge in [-0.05, 0) is 34.0 Å². The van der Waals surface area contributed by atoms with Gasteiger partial charge in [0.25, 0.3) is 0 Å². The summed E-state index contributed by atoms with van der Waals surface area (Å²) in [5.74, 6) is -0.498. The van der Waals surface area contributed by atoms with E-state index in [9.17, 15) is 8.42 Å². The number of rotatable bonds is 1. The number of fused-ring (bicyclic) bond motifs is 2. The van der Waals surface area contributed by atoms with Crippen LogP contribution in [0, 0.1) is 0 Å². The summed E-state index contributed by atoms with van der Waals surface area (Å²) in [6.07, 6.45) is 5.32. The molecule has 1 aliphatic heterocycles. The van der Waals surface area contributed by atoms with Gasteiger partial charge in [0.2, 0.25) is 0 Å². The van der Waals surface area contributed by atoms with Crippen molar-refractivity contribution in [3.8, 4) is 0 Å². The molecule has 0 saturated heterocycles. The van der Waals surface area contributed by atoms with Crippen molar-refractivity contribution in [1.29, 1.82) is 0 Å². The second-order valence-corrected chi connectivity index (χ2v) is 8.05. The summed E-state index contributed by atoms with van der Waals surface area (Å²) in [6, 6.07) is 3.95. The Hall–Kier alpha value is -0.845. The lowest BCUT2D eigenvalue weighted by Gasteiger charge is -2.08. The van der Waals surface area contributed by atoms with Crippen molar-refractivity contribution in [3.05, 3.63) is 34.0 Å². The molecule has 17 heavy (non-hydrogen) atoms. The van der Waals surface area contributed by atoms with Crippen molar-refractivity contribution in [2.45, 2.75) is 0 Å². The molecular formula is C11H9BO2S3. The predicted molar refractivity (Wildman–Crippen MR) is 77.4 cm³/mol. The van der Waals surface area contributed by atoms with Crippen molar-refractivity contribution < 1.29 is 8.42 Å². The van der Waals surface area contributed by atoms with Crippen molar-refractivity contribution in [3.63, 3.8) is 0 Å². The smallest absolute Gasteiger partial charge is 0.240 e. The Bertz CT molecular complexity index is 650. The van der Waals surface area contributed by atoms with Crippen LogP contribution in [0.25, 0.3) is 12.2 Å². The molecule has 0 aliphatic carbocycles. The third kappa shape index (κ3) is 1.80. The number of hydrogen-bond donors (Lipinski definition) is 0. The van der Waals surface area contributed by atoms with Crippen LogP contribution in [0.15, 0.2) is 22.9 Å². The van der Waals surface area contributed by atoms with Gasteiger partial charge in [0.05, 0.1) is 0 Å². The molecule has 0 atom stereocenters. The molecule has 0 radical (unpaired) electrons. The minimum absolute atomic E-state index is 0.498. The fourth-order valence-electron chi connectivity index (χ4n) is 2.05. The number of thiophene rings is 2. The van der Waals surface area contributed by atoms with Gasteiger partial charge >= 0.3 is 5.99 Å². The first-order chi connectivity index (χ1) is 8.07. The van der Waals surface area contributed by atoms with Gasteiger partial charge in [-0.25, -0.2) is 8.42 Å². The fraction of sp³-hybridized carbons (Fsp3) is 0.0909. The van der Waals surface area contributed by atoms with E-state index < -0.39 is 15.7 Å². The molecule has 0 fully saturated rings. The maximum atomic E-state index is 12.0. The molecular weight excluding hydrogens is 271 g/mol. The molecule has 0 unspecified atom stereocenters. The molecule has 0 saturated carbocycles. The van der Waals surface area contributed by atoms with Gasteiger partial charge in [0, 0.05) is 15.8 Å². The average molecular weight is 280 g/mol. The predicted octanol–water partition coefficient (Wildman–Crippen LogP) is 1.44. The van der Waals surface area contributed by atoms with Crippen LogP contribution in [0.4, 0.5) is 0 Å². The summed E-state index contributed by atoms with van der Waals surface area (Å²) in [6.45, 7) is 0. The van der Waals surface area contributed by atoms with Crippen LogP contribution in [0.5, 0.6) is 0 Å². The standard InChI is InChI=1S/C11H9BO2S3/c1-17(13,14)12-10-8(4-6-15-10)2-3-9-5-7-16-11(9)12/h2-7H,1H3. The Labute approximate surface area is 109 Å². The Balaban J connectivity index is 2.34. The summed E-state index contributed by atoms with van der Waals surface area (Å²) in [4.78, 5) is 0. The Morgan fingerprint density at radius 1 is 1.00 bits per heavy atom. The summed E-state index contributed by atoms with van der Waals surface area (Å²) < 4.78 is 26.0. The Morgan fingerprint density at radius 3 is 1.88 bits per heavy atom. The zero-order valence-electron chi connectivity index (χ0n) is 9.08. The topological polar surface area (TPSA) is 34.1 Å². The SMILES string of the molecule is CS(=O)(=O)B1c2sccc2C=Cc2ccsc21. The van der Waals surface area contributed by atoms with Gasteiger partial charge in [-0.1, -0.05) is 12.2 Å². The molecule has 86 valence electrons. The molecule has 0 aromatic carbocycles. The van der Waals surface area contributed by atoms with E-state index in [4.69, 9.17) is 0 Å². The molecule has 0 spiro atoms. The third-order valence-corrected chi connectivity index (χ3v) is 6.42. The summed E-state index contributed by atoms with van der Waals surface area (Å²) in [5, 5.41) is 3.90. The van der Waals surface area contributed by atoms with Crippen LogP contribution >= 0.6 is 22.7 Å². The van der Waals surface area contributed by atoms with E-state index >= 15 is 0 Å². The van der Waals surface area contributed by atoms with Gasteiger partial charge in [0.15, 0.2) is 0 Å². The molecule has 2 aromatic rings. The highest BCUT2D eigenvalue weighted by atomic mass is 32.2. The van der Waals surface area contributed by atoms with Gasteiger partial charge in [0.1, 0.15) is 9.69 Å². The van der Waals surface area contributed by atoms with Crippen LogP contribution < -0.4 is 9.55 Å². The molecule has 0 N–H and O–H groups in total. The van der Waals surface area contributed by atoms with E-state index in [0.717, 1.165) is 20.7 Å². The quantitative estimate of drug-likeness (QED) is 0.741. The molecule has 0 bridgehead atoms. The maximum absolute atomic E-state index is 12.0. The normalized spacial score (nSPS) is 14.3. The average Bonchev–Trinajstić information content (AvgIpc) is 2.82. The van der Waals surface area contributed by atoms with Gasteiger partial charge in [-0.3, -0.25) is 0 Å². The molecule has 2 aromatic heterocycles. The summed E-state index contributed by atoms with van der Waals surface area (Å²) in [7, 11) is -3.14. The lowest BCUT2D eigenvalue weighted by Crippen LogP contribution is -2.47. The van der Waals surface area contributed by atoms with Crippen LogP contribution in [0.2, 0.25) is 0 Å². The summed E-state index contributed by atoms with van der Waals surface area (Å²) >= 11 is 3.03. The Kier molecular flexibility index (Phi) is 2.54. The first kappa shape index (κ1) is 11.3. The fourth-order valence-corrected chi connectivity index (χ4v) is 6.31. The molecule has 2 nitrogen and oxygen atoms in total. The first-order valence-electron chi connectivity index (χ1n) is 5.09. The zero-order chi connectivity index (χ0) is 12.0. The molecule has 3 rings (SSSR count). The second kappa shape index (κ2) is 3.83. The van der Waals surface area contributed by atoms with Crippen molar-refractivity contribution in [2.24, 2.45) is 0 Å². The lowest BCUT2D eigenvalue weighted by molar-refractivity contribution is 0.614. The van der Waals surface area contributed by atoms with Crippen LogP contribution in [-0.4, -0.2) is 20.7 Å². The zero-order valence-corrected chi connectivity index (χ0v) is 11.5. The summed E-state index contributed by atoms with van der Waals surface area (Å²) in [5.41, 5.74) is 2.04. The van der Waals surface area contributed by atoms with E-state index in [1.54, 1.807) is 0 Å². The van der Waals surface area contributed by atoms with Crippen molar-refractivity contribution in [2.75, 3.05) is 6.26 Å². The van der Waals surface area contributed by atoms with Gasteiger partial charge in [-0.2, -0.15) is 22.7 Å². The van der Waals surface area contributed by atoms with Crippen LogP contribution in [-0.2, 0) is 9.69 Å². The van der Waals surface area contributed by atoms with E-state index in [1.165, 1.54) is 28.9 Å². The second-order valence-electron chi connectivity index (χ2n) is 4.02. The first-order valence-corrected chi connectivity index (χ1v) is 8.80.